The number of hydrogen-bond donors (Lipinski definition) is 1. The van der Waals surface area contributed by atoms with E-state index < -0.39 is 0 Å². The molecule has 1 N–H and O–H groups in total. The zero-order valence-electron chi connectivity index (χ0n) is 13.6. The van der Waals surface area contributed by atoms with Crippen molar-refractivity contribution in [1.82, 2.24) is 10.2 Å². The number of furan rings is 1. The number of carbonyl (C=O) groups is 1. The van der Waals surface area contributed by atoms with E-state index in [1.165, 1.54) is 0 Å². The molecule has 2 aromatic rings. The zero-order chi connectivity index (χ0) is 16.9. The quantitative estimate of drug-likeness (QED) is 0.846. The molecular weight excluding hydrogens is 372 g/mol. The lowest BCUT2D eigenvalue weighted by molar-refractivity contribution is 0.0662. The molecule has 0 spiro atoms. The molecule has 5 nitrogen and oxygen atoms in total. The molecule has 0 saturated carbocycles. The number of ether oxygens (including phenoxy) is 1. The Morgan fingerprint density at radius 3 is 3.08 bits per heavy atom. The lowest BCUT2D eigenvalue weighted by atomic mass is 10.1. The molecule has 0 bridgehead atoms. The first kappa shape index (κ1) is 17.0. The molecule has 24 heavy (non-hydrogen) atoms. The summed E-state index contributed by atoms with van der Waals surface area (Å²) in [7, 11) is 1.93. The Labute approximate surface area is 150 Å². The maximum atomic E-state index is 12.6. The van der Waals surface area contributed by atoms with Gasteiger partial charge in [-0.1, -0.05) is 22.0 Å². The minimum Gasteiger partial charge on any atom is -0.486 e. The Hall–Kier alpha value is -1.79. The highest BCUT2D eigenvalue weighted by molar-refractivity contribution is 9.10. The van der Waals surface area contributed by atoms with Gasteiger partial charge < -0.3 is 19.4 Å². The number of benzene rings is 1. The zero-order valence-corrected chi connectivity index (χ0v) is 15.2. The van der Waals surface area contributed by atoms with Gasteiger partial charge in [-0.05, 0) is 50.2 Å². The smallest absolute Gasteiger partial charge is 0.289 e. The van der Waals surface area contributed by atoms with Crippen LogP contribution in [-0.4, -0.2) is 37.0 Å². The van der Waals surface area contributed by atoms with Gasteiger partial charge in [-0.3, -0.25) is 4.79 Å². The second kappa shape index (κ2) is 7.85. The Bertz CT molecular complexity index is 701. The molecule has 3 rings (SSSR count). The molecule has 1 amide bonds. The van der Waals surface area contributed by atoms with Gasteiger partial charge in [0, 0.05) is 23.6 Å². The highest BCUT2D eigenvalue weighted by Crippen LogP contribution is 2.20. The topological polar surface area (TPSA) is 54.7 Å². The first-order valence-electron chi connectivity index (χ1n) is 8.09. The molecular formula is C18H21BrN2O3. The number of piperidine rings is 1. The van der Waals surface area contributed by atoms with Crippen LogP contribution in [0.4, 0.5) is 0 Å². The summed E-state index contributed by atoms with van der Waals surface area (Å²) >= 11 is 3.41. The molecule has 1 aliphatic heterocycles. The van der Waals surface area contributed by atoms with Gasteiger partial charge in [0.25, 0.3) is 5.91 Å². The molecule has 6 heteroatoms. The van der Waals surface area contributed by atoms with E-state index in [4.69, 9.17) is 9.15 Å². The van der Waals surface area contributed by atoms with E-state index in [1.54, 1.807) is 12.1 Å². The summed E-state index contributed by atoms with van der Waals surface area (Å²) in [5, 5.41) is 3.24. The lowest BCUT2D eigenvalue weighted by Gasteiger charge is -2.31. The molecule has 0 radical (unpaired) electrons. The number of nitrogens with zero attached hydrogens (tertiary/aromatic N) is 1. The summed E-state index contributed by atoms with van der Waals surface area (Å²) in [5.41, 5.74) is 0. The van der Waals surface area contributed by atoms with Crippen LogP contribution in [0.15, 0.2) is 45.3 Å². The molecule has 1 aromatic carbocycles. The van der Waals surface area contributed by atoms with Crippen LogP contribution in [0.25, 0.3) is 0 Å². The van der Waals surface area contributed by atoms with Crippen LogP contribution in [0, 0.1) is 0 Å². The summed E-state index contributed by atoms with van der Waals surface area (Å²) in [6.07, 6.45) is 2.11. The maximum absolute atomic E-state index is 12.6. The van der Waals surface area contributed by atoms with Crippen molar-refractivity contribution in [2.24, 2.45) is 0 Å². The molecule has 1 saturated heterocycles. The van der Waals surface area contributed by atoms with Gasteiger partial charge in [-0.2, -0.15) is 0 Å². The predicted octanol–water partition coefficient (Wildman–Crippen LogP) is 3.45. The molecule has 1 aliphatic rings. The van der Waals surface area contributed by atoms with Crippen molar-refractivity contribution in [3.63, 3.8) is 0 Å². The van der Waals surface area contributed by atoms with Crippen LogP contribution in [0.1, 0.15) is 29.2 Å². The third-order valence-electron chi connectivity index (χ3n) is 4.17. The van der Waals surface area contributed by atoms with Gasteiger partial charge in [0.2, 0.25) is 0 Å². The van der Waals surface area contributed by atoms with Crippen LogP contribution >= 0.6 is 15.9 Å². The van der Waals surface area contributed by atoms with Gasteiger partial charge in [-0.25, -0.2) is 0 Å². The number of likely N-dealkylation sites (tertiary alicyclic amines) is 1. The standard InChI is InChI=1S/C18H21BrN2O3/c1-20-14-5-3-9-21(11-14)18(22)17-8-7-16(24-17)12-23-15-6-2-4-13(19)10-15/h2,4,6-8,10,14,20H,3,5,9,11-12H2,1H3. The second-order valence-corrected chi connectivity index (χ2v) is 6.81. The third kappa shape index (κ3) is 4.19. The van der Waals surface area contributed by atoms with E-state index in [1.807, 2.05) is 36.2 Å². The fraction of sp³-hybridized carbons (Fsp3) is 0.389. The van der Waals surface area contributed by atoms with Crippen LogP contribution < -0.4 is 10.1 Å². The van der Waals surface area contributed by atoms with Crippen molar-refractivity contribution in [1.29, 1.82) is 0 Å². The molecule has 1 fully saturated rings. The molecule has 0 aliphatic carbocycles. The Kier molecular flexibility index (Phi) is 5.58. The fourth-order valence-electron chi connectivity index (χ4n) is 2.83. The van der Waals surface area contributed by atoms with Crippen molar-refractivity contribution in [3.8, 4) is 5.75 Å². The van der Waals surface area contributed by atoms with Gasteiger partial charge >= 0.3 is 0 Å². The van der Waals surface area contributed by atoms with Crippen LogP contribution in [0.2, 0.25) is 0 Å². The molecule has 1 aromatic heterocycles. The minimum absolute atomic E-state index is 0.0522. The number of hydrogen-bond acceptors (Lipinski definition) is 4. The first-order valence-corrected chi connectivity index (χ1v) is 8.88. The van der Waals surface area contributed by atoms with Gasteiger partial charge in [0.1, 0.15) is 18.1 Å². The van der Waals surface area contributed by atoms with E-state index in [9.17, 15) is 4.79 Å². The number of halogens is 1. The van der Waals surface area contributed by atoms with E-state index in [-0.39, 0.29) is 5.91 Å². The molecule has 1 unspecified atom stereocenters. The third-order valence-corrected chi connectivity index (χ3v) is 4.66. The summed E-state index contributed by atoms with van der Waals surface area (Å²) in [6, 6.07) is 11.5. The summed E-state index contributed by atoms with van der Waals surface area (Å²) < 4.78 is 12.3. The van der Waals surface area contributed by atoms with E-state index >= 15 is 0 Å². The highest BCUT2D eigenvalue weighted by Gasteiger charge is 2.25. The summed E-state index contributed by atoms with van der Waals surface area (Å²) in [4.78, 5) is 14.4. The summed E-state index contributed by atoms with van der Waals surface area (Å²) in [6.45, 7) is 1.80. The number of nitrogens with one attached hydrogen (secondary N) is 1. The van der Waals surface area contributed by atoms with Crippen LogP contribution in [-0.2, 0) is 6.61 Å². The average Bonchev–Trinajstić information content (AvgIpc) is 3.08. The monoisotopic (exact) mass is 392 g/mol. The number of rotatable bonds is 5. The Balaban J connectivity index is 1.59. The van der Waals surface area contributed by atoms with Gasteiger partial charge in [0.15, 0.2) is 5.76 Å². The highest BCUT2D eigenvalue weighted by atomic mass is 79.9. The number of carbonyl (C=O) groups excluding carboxylic acids is 1. The predicted molar refractivity (Wildman–Crippen MR) is 95.2 cm³/mol. The van der Waals surface area contributed by atoms with E-state index in [0.29, 0.717) is 24.2 Å². The normalized spacial score (nSPS) is 17.8. The van der Waals surface area contributed by atoms with E-state index in [0.717, 1.165) is 36.2 Å². The fourth-order valence-corrected chi connectivity index (χ4v) is 3.21. The lowest BCUT2D eigenvalue weighted by Crippen LogP contribution is -2.46. The Morgan fingerprint density at radius 2 is 2.29 bits per heavy atom. The van der Waals surface area contributed by atoms with Gasteiger partial charge in [0.05, 0.1) is 0 Å². The average molecular weight is 393 g/mol. The Morgan fingerprint density at radius 1 is 1.42 bits per heavy atom. The van der Waals surface area contributed by atoms with Crippen molar-refractivity contribution in [2.45, 2.75) is 25.5 Å². The molecule has 1 atom stereocenters. The van der Waals surface area contributed by atoms with Crippen LogP contribution in [0.5, 0.6) is 5.75 Å². The SMILES string of the molecule is CNC1CCCN(C(=O)c2ccc(COc3cccc(Br)c3)o2)C1. The molecule has 128 valence electrons. The first-order chi connectivity index (χ1) is 11.7. The molecule has 2 heterocycles. The second-order valence-electron chi connectivity index (χ2n) is 5.89. The maximum Gasteiger partial charge on any atom is 0.289 e. The minimum atomic E-state index is -0.0522. The van der Waals surface area contributed by atoms with Crippen molar-refractivity contribution in [2.75, 3.05) is 20.1 Å². The van der Waals surface area contributed by atoms with E-state index in [2.05, 4.69) is 21.2 Å². The van der Waals surface area contributed by atoms with Crippen molar-refractivity contribution < 1.29 is 13.9 Å². The van der Waals surface area contributed by atoms with Crippen LogP contribution in [0.3, 0.4) is 0 Å². The van der Waals surface area contributed by atoms with Crippen molar-refractivity contribution >= 4 is 21.8 Å². The largest absolute Gasteiger partial charge is 0.486 e. The van der Waals surface area contributed by atoms with Gasteiger partial charge in [-0.15, -0.1) is 0 Å². The number of likely N-dealkylation sites (N-methyl/N-ethyl adjacent to an activating group) is 1. The number of amides is 1. The summed E-state index contributed by atoms with van der Waals surface area (Å²) in [5.74, 6) is 1.71. The van der Waals surface area contributed by atoms with Crippen molar-refractivity contribution in [3.05, 3.63) is 52.4 Å².